The smallest absolute Gasteiger partial charge is 0.238 e. The molecule has 7 heteroatoms. The number of carbonyl (C=O) groups is 2. The highest BCUT2D eigenvalue weighted by atomic mass is 35.5. The Morgan fingerprint density at radius 3 is 2.76 bits per heavy atom. The van der Waals surface area contributed by atoms with Gasteiger partial charge in [-0.1, -0.05) is 24.3 Å². The molecule has 5 nitrogen and oxygen atoms in total. The lowest BCUT2D eigenvalue weighted by Crippen LogP contribution is -2.32. The number of anilines is 2. The van der Waals surface area contributed by atoms with Crippen LogP contribution in [0.5, 0.6) is 5.75 Å². The van der Waals surface area contributed by atoms with Crippen molar-refractivity contribution in [2.45, 2.75) is 26.1 Å². The number of nitrogens with zero attached hydrogens (tertiary/aromatic N) is 1. The summed E-state index contributed by atoms with van der Waals surface area (Å²) in [6.45, 7) is 6.05. The van der Waals surface area contributed by atoms with Gasteiger partial charge in [0.1, 0.15) is 11.1 Å². The Bertz CT molecular complexity index is 903. The largest absolute Gasteiger partial charge is 0.492 e. The van der Waals surface area contributed by atoms with Crippen molar-refractivity contribution in [3.05, 3.63) is 54.1 Å². The van der Waals surface area contributed by atoms with Gasteiger partial charge in [-0.05, 0) is 50.6 Å². The van der Waals surface area contributed by atoms with Crippen LogP contribution >= 0.6 is 23.4 Å². The van der Waals surface area contributed by atoms with E-state index in [1.165, 1.54) is 0 Å². The molecule has 2 amide bonds. The number of alkyl halides is 1. The molecular weight excluding hydrogens is 408 g/mol. The van der Waals surface area contributed by atoms with Gasteiger partial charge in [0.15, 0.2) is 0 Å². The number of nitrogens with one attached hydrogen (secondary N) is 1. The lowest BCUT2D eigenvalue weighted by molar-refractivity contribution is -0.123. The summed E-state index contributed by atoms with van der Waals surface area (Å²) in [6, 6.07) is 15.2. The highest BCUT2D eigenvalue weighted by Gasteiger charge is 2.36. The van der Waals surface area contributed by atoms with E-state index in [-0.39, 0.29) is 23.1 Å². The van der Waals surface area contributed by atoms with Gasteiger partial charge in [0.25, 0.3) is 0 Å². The number of carbonyl (C=O) groups excluding carboxylic acids is 2. The fourth-order valence-corrected chi connectivity index (χ4v) is 4.28. The molecular formula is C22H25ClN2O3S. The first-order chi connectivity index (χ1) is 13.9. The quantitative estimate of drug-likeness (QED) is 0.620. The summed E-state index contributed by atoms with van der Waals surface area (Å²) in [7, 11) is 0. The minimum Gasteiger partial charge on any atom is -0.492 e. The number of benzene rings is 2. The van der Waals surface area contributed by atoms with Crippen LogP contribution in [0.4, 0.5) is 11.4 Å². The van der Waals surface area contributed by atoms with E-state index in [2.05, 4.69) is 5.32 Å². The molecule has 1 aliphatic rings. The predicted molar refractivity (Wildman–Crippen MR) is 120 cm³/mol. The molecule has 1 atom stereocenters. The maximum Gasteiger partial charge on any atom is 0.238 e. The number of ether oxygens (including phenoxy) is 1. The molecule has 1 N–H and O–H groups in total. The van der Waals surface area contributed by atoms with E-state index >= 15 is 0 Å². The molecule has 1 fully saturated rings. The van der Waals surface area contributed by atoms with Crippen molar-refractivity contribution in [3.8, 4) is 5.75 Å². The SMILES string of the molecule is CCOc1ccccc1N1C(=O)CS[C@@H]1c1cccc(NC(=O)C(C)(C)CCl)c1. The van der Waals surface area contributed by atoms with Crippen molar-refractivity contribution < 1.29 is 14.3 Å². The standard InChI is InChI=1S/C22H25ClN2O3S/c1-4-28-18-11-6-5-10-17(18)25-19(26)13-29-20(25)15-8-7-9-16(12-15)24-21(27)22(2,3)14-23/h5-12,20H,4,13-14H2,1-3H3,(H,24,27)/t20-/m1/s1. The van der Waals surface area contributed by atoms with E-state index in [1.807, 2.05) is 55.5 Å². The topological polar surface area (TPSA) is 58.6 Å². The molecule has 1 heterocycles. The van der Waals surface area contributed by atoms with E-state index in [1.54, 1.807) is 30.5 Å². The Kier molecular flexibility index (Phi) is 6.75. The monoisotopic (exact) mass is 432 g/mol. The maximum atomic E-state index is 12.7. The number of rotatable bonds is 7. The molecule has 0 bridgehead atoms. The third-order valence-corrected chi connectivity index (χ3v) is 6.55. The average molecular weight is 433 g/mol. The van der Waals surface area contributed by atoms with Crippen LogP contribution in [0.2, 0.25) is 0 Å². The van der Waals surface area contributed by atoms with Crippen molar-refractivity contribution >= 4 is 46.6 Å². The van der Waals surface area contributed by atoms with E-state index in [0.717, 1.165) is 11.3 Å². The van der Waals surface area contributed by atoms with Crippen LogP contribution < -0.4 is 15.0 Å². The maximum absolute atomic E-state index is 12.7. The minimum atomic E-state index is -0.669. The molecule has 0 aliphatic carbocycles. The molecule has 0 radical (unpaired) electrons. The molecule has 0 spiro atoms. The fourth-order valence-electron chi connectivity index (χ4n) is 3.00. The summed E-state index contributed by atoms with van der Waals surface area (Å²) >= 11 is 7.47. The second-order valence-corrected chi connectivity index (χ2v) is 8.76. The minimum absolute atomic E-state index is 0.0323. The van der Waals surface area contributed by atoms with Gasteiger partial charge in [-0.3, -0.25) is 14.5 Å². The van der Waals surface area contributed by atoms with Gasteiger partial charge in [0.2, 0.25) is 11.8 Å². The summed E-state index contributed by atoms with van der Waals surface area (Å²) < 4.78 is 5.74. The number of amides is 2. The first kappa shape index (κ1) is 21.5. The van der Waals surface area contributed by atoms with Crippen molar-refractivity contribution in [1.29, 1.82) is 0 Å². The van der Waals surface area contributed by atoms with Crippen LogP contribution in [0.25, 0.3) is 0 Å². The van der Waals surface area contributed by atoms with Crippen molar-refractivity contribution in [2.75, 3.05) is 28.5 Å². The summed E-state index contributed by atoms with van der Waals surface area (Å²) in [6.07, 6.45) is 0. The Morgan fingerprint density at radius 1 is 1.28 bits per heavy atom. The van der Waals surface area contributed by atoms with E-state index in [9.17, 15) is 9.59 Å². The van der Waals surface area contributed by atoms with Gasteiger partial charge in [0, 0.05) is 11.6 Å². The van der Waals surface area contributed by atoms with Crippen LogP contribution in [0.3, 0.4) is 0 Å². The fraction of sp³-hybridized carbons (Fsp3) is 0.364. The summed E-state index contributed by atoms with van der Waals surface area (Å²) in [5.41, 5.74) is 1.71. The lowest BCUT2D eigenvalue weighted by Gasteiger charge is -2.27. The van der Waals surface area contributed by atoms with Gasteiger partial charge in [-0.15, -0.1) is 23.4 Å². The van der Waals surface area contributed by atoms with Crippen LogP contribution in [-0.2, 0) is 9.59 Å². The Hall–Kier alpha value is -2.18. The number of hydrogen-bond acceptors (Lipinski definition) is 4. The van der Waals surface area contributed by atoms with Crippen LogP contribution in [0.15, 0.2) is 48.5 Å². The van der Waals surface area contributed by atoms with Crippen molar-refractivity contribution in [2.24, 2.45) is 5.41 Å². The molecule has 2 aromatic carbocycles. The number of thioether (sulfide) groups is 1. The van der Waals surface area contributed by atoms with Gasteiger partial charge >= 0.3 is 0 Å². The molecule has 1 aliphatic heterocycles. The third kappa shape index (κ3) is 4.70. The van der Waals surface area contributed by atoms with Crippen molar-refractivity contribution in [3.63, 3.8) is 0 Å². The van der Waals surface area contributed by atoms with Crippen molar-refractivity contribution in [1.82, 2.24) is 0 Å². The summed E-state index contributed by atoms with van der Waals surface area (Å²) in [4.78, 5) is 27.0. The highest BCUT2D eigenvalue weighted by molar-refractivity contribution is 8.00. The summed E-state index contributed by atoms with van der Waals surface area (Å²) in [5, 5.41) is 2.74. The van der Waals surface area contributed by atoms with Gasteiger partial charge in [-0.25, -0.2) is 0 Å². The zero-order valence-electron chi connectivity index (χ0n) is 16.8. The van der Waals surface area contributed by atoms with E-state index in [0.29, 0.717) is 23.8 Å². The zero-order chi connectivity index (χ0) is 21.0. The first-order valence-electron chi connectivity index (χ1n) is 9.50. The Labute approximate surface area is 180 Å². The van der Waals surface area contributed by atoms with Crippen LogP contribution in [0.1, 0.15) is 31.7 Å². The Balaban J connectivity index is 1.90. The molecule has 1 saturated heterocycles. The second kappa shape index (κ2) is 9.09. The molecule has 3 rings (SSSR count). The number of para-hydroxylation sites is 2. The first-order valence-corrected chi connectivity index (χ1v) is 11.1. The van der Waals surface area contributed by atoms with Gasteiger partial charge in [-0.2, -0.15) is 0 Å². The van der Waals surface area contributed by atoms with Crippen LogP contribution in [-0.4, -0.2) is 30.1 Å². The molecule has 0 saturated carbocycles. The van der Waals surface area contributed by atoms with Crippen LogP contribution in [0, 0.1) is 5.41 Å². The second-order valence-electron chi connectivity index (χ2n) is 7.42. The molecule has 2 aromatic rings. The highest BCUT2D eigenvalue weighted by Crippen LogP contribution is 2.45. The third-order valence-electron chi connectivity index (χ3n) is 4.67. The average Bonchev–Trinajstić information content (AvgIpc) is 3.10. The lowest BCUT2D eigenvalue weighted by atomic mass is 9.95. The van der Waals surface area contributed by atoms with Gasteiger partial charge in [0.05, 0.1) is 23.5 Å². The van der Waals surface area contributed by atoms with E-state index in [4.69, 9.17) is 16.3 Å². The molecule has 0 aromatic heterocycles. The summed E-state index contributed by atoms with van der Waals surface area (Å²) in [5.74, 6) is 1.20. The zero-order valence-corrected chi connectivity index (χ0v) is 18.3. The molecule has 29 heavy (non-hydrogen) atoms. The molecule has 154 valence electrons. The predicted octanol–water partition coefficient (Wildman–Crippen LogP) is 5.07. The van der Waals surface area contributed by atoms with E-state index < -0.39 is 5.41 Å². The number of halogens is 1. The normalized spacial score (nSPS) is 16.8. The van der Waals surface area contributed by atoms with Gasteiger partial charge < -0.3 is 10.1 Å². The molecule has 0 unspecified atom stereocenters. The Morgan fingerprint density at radius 2 is 2.03 bits per heavy atom. The number of hydrogen-bond donors (Lipinski definition) is 1.